The second-order valence-electron chi connectivity index (χ2n) is 2.68. The Morgan fingerprint density at radius 3 is 2.62 bits per heavy atom. The highest BCUT2D eigenvalue weighted by atomic mass is 127. The van der Waals surface area contributed by atoms with E-state index in [1.807, 2.05) is 18.2 Å². The van der Waals surface area contributed by atoms with Gasteiger partial charge in [-0.05, 0) is 23.7 Å². The highest BCUT2D eigenvalue weighted by Gasteiger charge is 2.07. The van der Waals surface area contributed by atoms with Crippen LogP contribution in [-0.4, -0.2) is 9.68 Å². The van der Waals surface area contributed by atoms with Gasteiger partial charge in [0.1, 0.15) is 5.40 Å². The molecule has 0 bridgehead atoms. The summed E-state index contributed by atoms with van der Waals surface area (Å²) in [5, 5.41) is 11.1. The van der Waals surface area contributed by atoms with Gasteiger partial charge >= 0.3 is 0 Å². The molecule has 1 rings (SSSR count). The number of hydrogen-bond acceptors (Lipinski definition) is 2. The Labute approximate surface area is 96.7 Å². The van der Waals surface area contributed by atoms with Crippen LogP contribution in [0, 0.1) is 10.7 Å². The highest BCUT2D eigenvalue weighted by Crippen LogP contribution is 2.17. The largest absolute Gasteiger partial charge is 0.185 e. The zero-order valence-corrected chi connectivity index (χ0v) is 10.1. The van der Waals surface area contributed by atoms with E-state index in [9.17, 15) is 0 Å². The van der Waals surface area contributed by atoms with Crippen molar-refractivity contribution in [3.63, 3.8) is 0 Å². The van der Waals surface area contributed by atoms with Crippen molar-refractivity contribution in [3.8, 4) is 5.40 Å². The Morgan fingerprint density at radius 1 is 1.38 bits per heavy atom. The lowest BCUT2D eigenvalue weighted by atomic mass is 10.1. The number of nitriles is 1. The maximum absolute atomic E-state index is 8.56. The normalized spacial score (nSPS) is 12.0. The number of rotatable bonds is 4. The Morgan fingerprint density at radius 2 is 2.08 bits per heavy atom. The predicted molar refractivity (Wildman–Crippen MR) is 66.0 cm³/mol. The van der Waals surface area contributed by atoms with Gasteiger partial charge < -0.3 is 0 Å². The summed E-state index contributed by atoms with van der Waals surface area (Å²) in [6.07, 6.45) is 0.988. The summed E-state index contributed by atoms with van der Waals surface area (Å²) in [6, 6.07) is 10.3. The standard InChI is InChI=1S/C10H10INS/c11-7-10(13-8-12)6-9-4-2-1-3-5-9/h1-5,10H,6-7H2. The lowest BCUT2D eigenvalue weighted by molar-refractivity contribution is 0.971. The molecule has 68 valence electrons. The molecule has 13 heavy (non-hydrogen) atoms. The molecule has 1 unspecified atom stereocenters. The SMILES string of the molecule is N#CSC(CI)Cc1ccccc1. The van der Waals surface area contributed by atoms with Gasteiger partial charge in [-0.15, -0.1) is 0 Å². The third-order valence-corrected chi connectivity index (χ3v) is 4.13. The lowest BCUT2D eigenvalue weighted by Gasteiger charge is -2.08. The minimum Gasteiger partial charge on any atom is -0.185 e. The van der Waals surface area contributed by atoms with Crippen LogP contribution in [0.25, 0.3) is 0 Å². The predicted octanol–water partition coefficient (Wildman–Crippen LogP) is 3.25. The molecule has 1 aromatic rings. The van der Waals surface area contributed by atoms with Gasteiger partial charge in [0.2, 0.25) is 0 Å². The van der Waals surface area contributed by atoms with Crippen LogP contribution in [0.3, 0.4) is 0 Å². The van der Waals surface area contributed by atoms with E-state index in [0.717, 1.165) is 10.8 Å². The Bertz CT molecular complexity index is 281. The first-order valence-electron chi connectivity index (χ1n) is 4.01. The summed E-state index contributed by atoms with van der Waals surface area (Å²) in [5.41, 5.74) is 1.31. The topological polar surface area (TPSA) is 23.8 Å². The van der Waals surface area contributed by atoms with Crippen LogP contribution in [0.15, 0.2) is 30.3 Å². The van der Waals surface area contributed by atoms with E-state index in [-0.39, 0.29) is 0 Å². The van der Waals surface area contributed by atoms with Crippen molar-refractivity contribution in [2.45, 2.75) is 11.7 Å². The first-order valence-corrected chi connectivity index (χ1v) is 6.42. The molecule has 1 aromatic carbocycles. The Balaban J connectivity index is 2.53. The van der Waals surface area contributed by atoms with Gasteiger partial charge in [-0.2, -0.15) is 5.26 Å². The molecular formula is C10H10INS. The minimum atomic E-state index is 0.424. The Hall–Kier alpha value is -0.210. The van der Waals surface area contributed by atoms with Gasteiger partial charge in [0, 0.05) is 9.68 Å². The van der Waals surface area contributed by atoms with E-state index in [1.165, 1.54) is 17.3 Å². The summed E-state index contributed by atoms with van der Waals surface area (Å²) < 4.78 is 1.02. The monoisotopic (exact) mass is 303 g/mol. The van der Waals surface area contributed by atoms with Crippen molar-refractivity contribution in [2.24, 2.45) is 0 Å². The van der Waals surface area contributed by atoms with Crippen molar-refractivity contribution in [1.82, 2.24) is 0 Å². The van der Waals surface area contributed by atoms with Crippen LogP contribution < -0.4 is 0 Å². The van der Waals surface area contributed by atoms with Crippen molar-refractivity contribution in [2.75, 3.05) is 4.43 Å². The molecule has 0 radical (unpaired) electrons. The van der Waals surface area contributed by atoms with Gasteiger partial charge in [0.15, 0.2) is 0 Å². The van der Waals surface area contributed by atoms with Crippen molar-refractivity contribution in [3.05, 3.63) is 35.9 Å². The Kier molecular flexibility index (Phi) is 5.25. The van der Waals surface area contributed by atoms with Crippen LogP contribution in [-0.2, 0) is 6.42 Å². The molecule has 0 aliphatic heterocycles. The second-order valence-corrected chi connectivity index (χ2v) is 4.64. The fraction of sp³-hybridized carbons (Fsp3) is 0.300. The van der Waals surface area contributed by atoms with E-state index in [2.05, 4.69) is 40.1 Å². The first kappa shape index (κ1) is 10.9. The van der Waals surface area contributed by atoms with E-state index >= 15 is 0 Å². The molecule has 0 spiro atoms. The van der Waals surface area contributed by atoms with Crippen LogP contribution in [0.1, 0.15) is 5.56 Å². The molecule has 0 saturated heterocycles. The fourth-order valence-electron chi connectivity index (χ4n) is 1.08. The number of thiocyanates is 1. The molecule has 0 aromatic heterocycles. The summed E-state index contributed by atoms with van der Waals surface area (Å²) in [4.78, 5) is 0. The fourth-order valence-corrected chi connectivity index (χ4v) is 2.42. The average Bonchev–Trinajstić information content (AvgIpc) is 2.19. The van der Waals surface area contributed by atoms with Crippen molar-refractivity contribution >= 4 is 34.4 Å². The molecule has 1 atom stereocenters. The quantitative estimate of drug-likeness (QED) is 0.484. The van der Waals surface area contributed by atoms with E-state index < -0.39 is 0 Å². The third-order valence-electron chi connectivity index (χ3n) is 1.70. The molecule has 0 fully saturated rings. The van der Waals surface area contributed by atoms with Gasteiger partial charge in [0.05, 0.1) is 0 Å². The number of halogens is 1. The van der Waals surface area contributed by atoms with Crippen LogP contribution in [0.2, 0.25) is 0 Å². The van der Waals surface area contributed by atoms with Gasteiger partial charge in [0.25, 0.3) is 0 Å². The molecule has 0 saturated carbocycles. The molecule has 1 nitrogen and oxygen atoms in total. The van der Waals surface area contributed by atoms with Crippen LogP contribution >= 0.6 is 34.4 Å². The van der Waals surface area contributed by atoms with E-state index in [1.54, 1.807) is 0 Å². The van der Waals surface area contributed by atoms with Gasteiger partial charge in [-0.1, -0.05) is 52.9 Å². The zero-order chi connectivity index (χ0) is 9.52. The number of alkyl halides is 1. The maximum atomic E-state index is 8.56. The number of nitrogens with zero attached hydrogens (tertiary/aromatic N) is 1. The maximum Gasteiger partial charge on any atom is 0.133 e. The minimum absolute atomic E-state index is 0.424. The zero-order valence-electron chi connectivity index (χ0n) is 7.11. The smallest absolute Gasteiger partial charge is 0.133 e. The highest BCUT2D eigenvalue weighted by molar-refractivity contribution is 14.1. The van der Waals surface area contributed by atoms with E-state index in [4.69, 9.17) is 5.26 Å². The molecule has 0 N–H and O–H groups in total. The molecule has 3 heteroatoms. The molecule has 0 heterocycles. The number of hydrogen-bond donors (Lipinski definition) is 0. The summed E-state index contributed by atoms with van der Waals surface area (Å²) in [5.74, 6) is 0. The van der Waals surface area contributed by atoms with Crippen LogP contribution in [0.5, 0.6) is 0 Å². The average molecular weight is 303 g/mol. The first-order chi connectivity index (χ1) is 6.36. The molecular weight excluding hydrogens is 293 g/mol. The summed E-state index contributed by atoms with van der Waals surface area (Å²) in [7, 11) is 0. The number of benzene rings is 1. The van der Waals surface area contributed by atoms with Crippen LogP contribution in [0.4, 0.5) is 0 Å². The van der Waals surface area contributed by atoms with Crippen molar-refractivity contribution in [1.29, 1.82) is 5.26 Å². The lowest BCUT2D eigenvalue weighted by Crippen LogP contribution is -2.07. The summed E-state index contributed by atoms with van der Waals surface area (Å²) in [6.45, 7) is 0. The number of thioether (sulfide) groups is 1. The second kappa shape index (κ2) is 6.28. The molecule has 0 aliphatic carbocycles. The van der Waals surface area contributed by atoms with Gasteiger partial charge in [-0.3, -0.25) is 0 Å². The molecule has 0 amide bonds. The third kappa shape index (κ3) is 4.01. The van der Waals surface area contributed by atoms with E-state index in [0.29, 0.717) is 5.25 Å². The van der Waals surface area contributed by atoms with Crippen molar-refractivity contribution < 1.29 is 0 Å². The van der Waals surface area contributed by atoms with Gasteiger partial charge in [-0.25, -0.2) is 0 Å². The summed E-state index contributed by atoms with van der Waals surface area (Å²) >= 11 is 3.70. The molecule has 0 aliphatic rings.